The molecule has 0 aromatic carbocycles. The van der Waals surface area contributed by atoms with Gasteiger partial charge in [-0.25, -0.2) is 0 Å². The molecule has 0 spiro atoms. The molecule has 6 heteroatoms. The van der Waals surface area contributed by atoms with Crippen molar-refractivity contribution in [2.75, 3.05) is 13.1 Å². The van der Waals surface area contributed by atoms with Crippen molar-refractivity contribution in [2.45, 2.75) is 63.3 Å². The number of piperidine rings is 1. The molecule has 5 nitrogen and oxygen atoms in total. The highest BCUT2D eigenvalue weighted by Gasteiger charge is 2.50. The van der Waals surface area contributed by atoms with Crippen LogP contribution in [0.5, 0.6) is 0 Å². The quantitative estimate of drug-likeness (QED) is 0.850. The van der Waals surface area contributed by atoms with E-state index in [1.54, 1.807) is 0 Å². The summed E-state index contributed by atoms with van der Waals surface area (Å²) < 4.78 is 3.01. The number of carbonyl (C=O) groups is 1. The minimum atomic E-state index is 0.355. The minimum Gasteiger partial charge on any atom is -0.342 e. The Morgan fingerprint density at radius 1 is 1.12 bits per heavy atom. The zero-order chi connectivity index (χ0) is 16.3. The van der Waals surface area contributed by atoms with Crippen molar-refractivity contribution in [3.05, 3.63) is 10.6 Å². The molecule has 2 atom stereocenters. The average Bonchev–Trinajstić information content (AvgIpc) is 3.46. The first-order valence-corrected chi connectivity index (χ1v) is 10.1. The number of aromatic nitrogens is 3. The third-order valence-corrected chi connectivity index (χ3v) is 7.02. The third-order valence-electron chi connectivity index (χ3n) is 6.73. The van der Waals surface area contributed by atoms with Gasteiger partial charge in [0.1, 0.15) is 5.82 Å². The van der Waals surface area contributed by atoms with E-state index in [0.29, 0.717) is 23.8 Å². The van der Waals surface area contributed by atoms with Crippen molar-refractivity contribution in [2.24, 2.45) is 17.8 Å². The second-order valence-corrected chi connectivity index (χ2v) is 8.67. The van der Waals surface area contributed by atoms with Gasteiger partial charge in [-0.3, -0.25) is 9.89 Å². The smallest absolute Gasteiger partial charge is 0.225 e. The molecule has 3 aliphatic carbocycles. The molecule has 5 rings (SSSR count). The molecule has 130 valence electrons. The molecule has 1 aromatic rings. The normalized spacial score (nSPS) is 31.1. The number of rotatable bonds is 4. The summed E-state index contributed by atoms with van der Waals surface area (Å²) in [5.74, 6) is 3.95. The van der Waals surface area contributed by atoms with E-state index in [1.807, 2.05) is 0 Å². The van der Waals surface area contributed by atoms with Crippen LogP contribution in [0.3, 0.4) is 0 Å². The zero-order valence-corrected chi connectivity index (χ0v) is 14.9. The maximum atomic E-state index is 12.7. The van der Waals surface area contributed by atoms with E-state index in [9.17, 15) is 4.79 Å². The SMILES string of the molecule is O=C([C@H]1C[C@H]1C1CCC1)N1CCC(c2n[nH]c(=S)n2C2CC2)CC1. The number of H-pyrrole nitrogens is 1. The summed E-state index contributed by atoms with van der Waals surface area (Å²) in [5, 5.41) is 7.50. The van der Waals surface area contributed by atoms with Crippen molar-refractivity contribution >= 4 is 18.1 Å². The lowest BCUT2D eigenvalue weighted by Crippen LogP contribution is -2.39. The first-order chi connectivity index (χ1) is 11.7. The van der Waals surface area contributed by atoms with Gasteiger partial charge in [-0.05, 0) is 56.2 Å². The largest absolute Gasteiger partial charge is 0.342 e. The van der Waals surface area contributed by atoms with Crippen LogP contribution in [0.25, 0.3) is 0 Å². The van der Waals surface area contributed by atoms with E-state index >= 15 is 0 Å². The average molecular weight is 347 g/mol. The molecule has 0 bridgehead atoms. The molecule has 1 aromatic heterocycles. The highest BCUT2D eigenvalue weighted by atomic mass is 32.1. The van der Waals surface area contributed by atoms with Crippen LogP contribution in [0, 0.1) is 22.5 Å². The Labute approximate surface area is 147 Å². The van der Waals surface area contributed by atoms with Gasteiger partial charge in [0.05, 0.1) is 0 Å². The van der Waals surface area contributed by atoms with Crippen molar-refractivity contribution in [1.29, 1.82) is 0 Å². The first-order valence-electron chi connectivity index (χ1n) is 9.68. The molecule has 2 heterocycles. The van der Waals surface area contributed by atoms with Crippen molar-refractivity contribution in [3.63, 3.8) is 0 Å². The number of carbonyl (C=O) groups excluding carboxylic acids is 1. The number of nitrogens with zero attached hydrogens (tertiary/aromatic N) is 3. The van der Waals surface area contributed by atoms with Gasteiger partial charge >= 0.3 is 0 Å². The second-order valence-electron chi connectivity index (χ2n) is 8.28. The van der Waals surface area contributed by atoms with Crippen LogP contribution in [-0.2, 0) is 4.79 Å². The molecule has 0 radical (unpaired) electrons. The van der Waals surface area contributed by atoms with Gasteiger partial charge < -0.3 is 9.47 Å². The molecule has 24 heavy (non-hydrogen) atoms. The molecular weight excluding hydrogens is 320 g/mol. The van der Waals surface area contributed by atoms with Crippen LogP contribution in [0.4, 0.5) is 0 Å². The topological polar surface area (TPSA) is 53.9 Å². The fourth-order valence-corrected chi connectivity index (χ4v) is 5.06. The third kappa shape index (κ3) is 2.54. The summed E-state index contributed by atoms with van der Waals surface area (Å²) in [7, 11) is 0. The number of hydrogen-bond donors (Lipinski definition) is 1. The maximum absolute atomic E-state index is 12.7. The summed E-state index contributed by atoms with van der Waals surface area (Å²) in [6.07, 6.45) is 9.76. The fourth-order valence-electron chi connectivity index (χ4n) is 4.77. The van der Waals surface area contributed by atoms with E-state index in [4.69, 9.17) is 12.2 Å². The van der Waals surface area contributed by atoms with Crippen LogP contribution >= 0.6 is 12.2 Å². The number of likely N-dealkylation sites (tertiary alicyclic amines) is 1. The van der Waals surface area contributed by atoms with Gasteiger partial charge in [0, 0.05) is 31.0 Å². The summed E-state index contributed by atoms with van der Waals surface area (Å²) in [6.45, 7) is 1.78. The Kier molecular flexibility index (Phi) is 3.58. The molecule has 1 saturated heterocycles. The number of aromatic amines is 1. The molecular formula is C18H26N4OS. The Balaban J connectivity index is 1.20. The Morgan fingerprint density at radius 3 is 2.50 bits per heavy atom. The van der Waals surface area contributed by atoms with Crippen LogP contribution < -0.4 is 0 Å². The van der Waals surface area contributed by atoms with Crippen LogP contribution in [0.1, 0.15) is 69.2 Å². The lowest BCUT2D eigenvalue weighted by atomic mass is 9.81. The standard InChI is InChI=1S/C18H26N4OS/c23-17(15-10-14(15)11-2-1-3-11)21-8-6-12(7-9-21)16-19-20-18(24)22(16)13-4-5-13/h11-15H,1-10H2,(H,20,24)/t14-,15-/m0/s1. The van der Waals surface area contributed by atoms with Gasteiger partial charge in [0.2, 0.25) is 5.91 Å². The number of amides is 1. The van der Waals surface area contributed by atoms with E-state index in [1.165, 1.54) is 32.1 Å². The lowest BCUT2D eigenvalue weighted by Gasteiger charge is -2.32. The van der Waals surface area contributed by atoms with Crippen molar-refractivity contribution in [3.8, 4) is 0 Å². The molecule has 3 saturated carbocycles. The zero-order valence-electron chi connectivity index (χ0n) is 14.1. The summed E-state index contributed by atoms with van der Waals surface area (Å²) in [4.78, 5) is 14.9. The van der Waals surface area contributed by atoms with Crippen LogP contribution in [-0.4, -0.2) is 38.7 Å². The van der Waals surface area contributed by atoms with Crippen LogP contribution in [0.15, 0.2) is 0 Å². The highest BCUT2D eigenvalue weighted by molar-refractivity contribution is 7.71. The summed E-state index contributed by atoms with van der Waals surface area (Å²) >= 11 is 5.40. The predicted octanol–water partition coefficient (Wildman–Crippen LogP) is 3.42. The monoisotopic (exact) mass is 346 g/mol. The van der Waals surface area contributed by atoms with Crippen LogP contribution in [0.2, 0.25) is 0 Å². The molecule has 1 N–H and O–H groups in total. The molecule has 4 aliphatic rings. The van der Waals surface area contributed by atoms with Gasteiger partial charge in [0.25, 0.3) is 0 Å². The van der Waals surface area contributed by atoms with E-state index in [2.05, 4.69) is 19.7 Å². The van der Waals surface area contributed by atoms with Gasteiger partial charge in [-0.2, -0.15) is 5.10 Å². The van der Waals surface area contributed by atoms with E-state index in [0.717, 1.165) is 54.8 Å². The minimum absolute atomic E-state index is 0.355. The molecule has 1 aliphatic heterocycles. The highest BCUT2D eigenvalue weighted by Crippen LogP contribution is 2.52. The van der Waals surface area contributed by atoms with Crippen molar-refractivity contribution in [1.82, 2.24) is 19.7 Å². The Hall–Kier alpha value is -1.17. The molecule has 1 amide bonds. The van der Waals surface area contributed by atoms with Gasteiger partial charge in [-0.15, -0.1) is 0 Å². The van der Waals surface area contributed by atoms with E-state index < -0.39 is 0 Å². The maximum Gasteiger partial charge on any atom is 0.225 e. The van der Waals surface area contributed by atoms with Crippen molar-refractivity contribution < 1.29 is 4.79 Å². The molecule has 0 unspecified atom stereocenters. The van der Waals surface area contributed by atoms with E-state index in [-0.39, 0.29) is 0 Å². The second kappa shape index (κ2) is 5.68. The summed E-state index contributed by atoms with van der Waals surface area (Å²) in [6, 6.07) is 0.570. The Morgan fingerprint density at radius 2 is 1.88 bits per heavy atom. The molecule has 4 fully saturated rings. The number of nitrogens with one attached hydrogen (secondary N) is 1. The number of hydrogen-bond acceptors (Lipinski definition) is 3. The van der Waals surface area contributed by atoms with Gasteiger partial charge in [0.15, 0.2) is 4.77 Å². The predicted molar refractivity (Wildman–Crippen MR) is 93.2 cm³/mol. The van der Waals surface area contributed by atoms with Gasteiger partial charge in [-0.1, -0.05) is 19.3 Å². The Bertz CT molecular complexity index is 694. The first kappa shape index (κ1) is 15.1. The fraction of sp³-hybridized carbons (Fsp3) is 0.833. The lowest BCUT2D eigenvalue weighted by molar-refractivity contribution is -0.134. The summed E-state index contributed by atoms with van der Waals surface area (Å²) in [5.41, 5.74) is 0.